The van der Waals surface area contributed by atoms with E-state index in [4.69, 9.17) is 4.74 Å². The van der Waals surface area contributed by atoms with Gasteiger partial charge in [0.1, 0.15) is 0 Å². The Morgan fingerprint density at radius 3 is 2.43 bits per heavy atom. The first-order valence-corrected chi connectivity index (χ1v) is 6.92. The highest BCUT2D eigenvalue weighted by atomic mass is 16.5. The minimum atomic E-state index is -0.296. The van der Waals surface area contributed by atoms with Gasteiger partial charge in [0.2, 0.25) is 0 Å². The number of esters is 1. The Kier molecular flexibility index (Phi) is 3.69. The van der Waals surface area contributed by atoms with Crippen LogP contribution < -0.4 is 0 Å². The fourth-order valence-electron chi connectivity index (χ4n) is 2.59. The predicted molar refractivity (Wildman–Crippen MR) is 84.5 cm³/mol. The molecule has 0 amide bonds. The molecule has 21 heavy (non-hydrogen) atoms. The molecular weight excluding hydrogens is 260 g/mol. The molecule has 0 aliphatic rings. The molecule has 0 unspecified atom stereocenters. The van der Waals surface area contributed by atoms with Crippen LogP contribution in [-0.4, -0.2) is 13.1 Å². The van der Waals surface area contributed by atoms with Gasteiger partial charge in [0.05, 0.1) is 12.7 Å². The molecule has 0 aliphatic heterocycles. The van der Waals surface area contributed by atoms with Gasteiger partial charge in [-0.05, 0) is 40.5 Å². The van der Waals surface area contributed by atoms with E-state index in [0.29, 0.717) is 5.56 Å². The zero-order chi connectivity index (χ0) is 14.7. The van der Waals surface area contributed by atoms with Crippen LogP contribution in [0.3, 0.4) is 0 Å². The van der Waals surface area contributed by atoms with Crippen LogP contribution in [-0.2, 0) is 11.2 Å². The molecule has 0 bridgehead atoms. The van der Waals surface area contributed by atoms with Crippen molar-refractivity contribution in [2.24, 2.45) is 0 Å². The summed E-state index contributed by atoms with van der Waals surface area (Å²) in [6.45, 7) is 0. The highest BCUT2D eigenvalue weighted by molar-refractivity contribution is 5.97. The van der Waals surface area contributed by atoms with E-state index in [1.165, 1.54) is 18.1 Å². The first kappa shape index (κ1) is 13.4. The fourth-order valence-corrected chi connectivity index (χ4v) is 2.59. The number of ether oxygens (including phenoxy) is 1. The van der Waals surface area contributed by atoms with E-state index in [1.807, 2.05) is 48.5 Å². The van der Waals surface area contributed by atoms with Crippen molar-refractivity contribution in [3.05, 3.63) is 83.4 Å². The smallest absolute Gasteiger partial charge is 0.337 e. The molecule has 0 atom stereocenters. The molecule has 0 spiro atoms. The topological polar surface area (TPSA) is 26.3 Å². The summed E-state index contributed by atoms with van der Waals surface area (Å²) in [5.41, 5.74) is 2.96. The number of hydrogen-bond acceptors (Lipinski definition) is 2. The summed E-state index contributed by atoms with van der Waals surface area (Å²) in [5, 5.41) is 2.24. The number of benzene rings is 3. The maximum Gasteiger partial charge on any atom is 0.337 e. The first-order chi connectivity index (χ1) is 10.3. The lowest BCUT2D eigenvalue weighted by Crippen LogP contribution is -2.03. The van der Waals surface area contributed by atoms with Crippen LogP contribution in [0.2, 0.25) is 0 Å². The SMILES string of the molecule is COC(=O)c1cc(Cc2ccccc2)c2ccccc2c1. The van der Waals surface area contributed by atoms with E-state index in [-0.39, 0.29) is 5.97 Å². The lowest BCUT2D eigenvalue weighted by Gasteiger charge is -2.10. The maximum atomic E-state index is 11.8. The van der Waals surface area contributed by atoms with Gasteiger partial charge >= 0.3 is 5.97 Å². The van der Waals surface area contributed by atoms with Crippen LogP contribution in [0.4, 0.5) is 0 Å². The summed E-state index contributed by atoms with van der Waals surface area (Å²) in [4.78, 5) is 11.8. The maximum absolute atomic E-state index is 11.8. The first-order valence-electron chi connectivity index (χ1n) is 6.92. The Morgan fingerprint density at radius 1 is 0.952 bits per heavy atom. The molecule has 0 saturated heterocycles. The minimum Gasteiger partial charge on any atom is -0.465 e. The van der Waals surface area contributed by atoms with E-state index in [9.17, 15) is 4.79 Å². The van der Waals surface area contributed by atoms with Crippen LogP contribution in [0.15, 0.2) is 66.7 Å². The van der Waals surface area contributed by atoms with Gasteiger partial charge in [-0.1, -0.05) is 54.6 Å². The molecule has 3 aromatic carbocycles. The number of hydrogen-bond donors (Lipinski definition) is 0. The van der Waals surface area contributed by atoms with E-state index in [0.717, 1.165) is 17.4 Å². The van der Waals surface area contributed by atoms with Gasteiger partial charge in [-0.25, -0.2) is 4.79 Å². The van der Waals surface area contributed by atoms with E-state index in [2.05, 4.69) is 18.2 Å². The Morgan fingerprint density at radius 2 is 1.67 bits per heavy atom. The van der Waals surface area contributed by atoms with Crippen molar-refractivity contribution < 1.29 is 9.53 Å². The van der Waals surface area contributed by atoms with Crippen LogP contribution in [0.1, 0.15) is 21.5 Å². The molecule has 0 fully saturated rings. The predicted octanol–water partition coefficient (Wildman–Crippen LogP) is 4.22. The summed E-state index contributed by atoms with van der Waals surface area (Å²) < 4.78 is 4.85. The van der Waals surface area contributed by atoms with Gasteiger partial charge in [0, 0.05) is 0 Å². The van der Waals surface area contributed by atoms with Crippen molar-refractivity contribution in [3.63, 3.8) is 0 Å². The van der Waals surface area contributed by atoms with E-state index < -0.39 is 0 Å². The zero-order valence-electron chi connectivity index (χ0n) is 11.9. The van der Waals surface area contributed by atoms with Crippen LogP contribution in [0.25, 0.3) is 10.8 Å². The highest BCUT2D eigenvalue weighted by Gasteiger charge is 2.10. The third-order valence-electron chi connectivity index (χ3n) is 3.61. The largest absolute Gasteiger partial charge is 0.465 e. The third kappa shape index (κ3) is 2.79. The molecule has 104 valence electrons. The van der Waals surface area contributed by atoms with Crippen molar-refractivity contribution in [1.82, 2.24) is 0 Å². The minimum absolute atomic E-state index is 0.296. The Bertz CT molecular complexity index is 776. The molecule has 0 N–H and O–H groups in total. The second-order valence-electron chi connectivity index (χ2n) is 5.01. The second kappa shape index (κ2) is 5.80. The van der Waals surface area contributed by atoms with Gasteiger partial charge < -0.3 is 4.74 Å². The Balaban J connectivity index is 2.12. The summed E-state index contributed by atoms with van der Waals surface area (Å²) in [6, 6.07) is 22.2. The van der Waals surface area contributed by atoms with Crippen molar-refractivity contribution in [2.45, 2.75) is 6.42 Å². The van der Waals surface area contributed by atoms with Gasteiger partial charge in [-0.3, -0.25) is 0 Å². The second-order valence-corrected chi connectivity index (χ2v) is 5.01. The summed E-state index contributed by atoms with van der Waals surface area (Å²) in [5.74, 6) is -0.296. The molecule has 3 rings (SSSR count). The normalized spacial score (nSPS) is 10.5. The van der Waals surface area contributed by atoms with E-state index in [1.54, 1.807) is 0 Å². The monoisotopic (exact) mass is 276 g/mol. The Hall–Kier alpha value is -2.61. The van der Waals surface area contributed by atoms with Gasteiger partial charge in [0.15, 0.2) is 0 Å². The number of carbonyl (C=O) groups is 1. The van der Waals surface area contributed by atoms with Gasteiger partial charge in [0.25, 0.3) is 0 Å². The van der Waals surface area contributed by atoms with Crippen molar-refractivity contribution in [3.8, 4) is 0 Å². The molecule has 2 heteroatoms. The average Bonchev–Trinajstić information content (AvgIpc) is 2.55. The number of rotatable bonds is 3. The third-order valence-corrected chi connectivity index (χ3v) is 3.61. The zero-order valence-corrected chi connectivity index (χ0v) is 11.9. The molecule has 2 nitrogen and oxygen atoms in total. The standard InChI is InChI=1S/C19H16O2/c1-21-19(20)17-12-15-9-5-6-10-18(15)16(13-17)11-14-7-3-2-4-8-14/h2-10,12-13H,11H2,1H3. The van der Waals surface area contributed by atoms with Crippen LogP contribution in [0.5, 0.6) is 0 Å². The molecule has 0 saturated carbocycles. The lowest BCUT2D eigenvalue weighted by molar-refractivity contribution is 0.0601. The van der Waals surface area contributed by atoms with E-state index >= 15 is 0 Å². The number of methoxy groups -OCH3 is 1. The lowest BCUT2D eigenvalue weighted by atomic mass is 9.96. The fraction of sp³-hybridized carbons (Fsp3) is 0.105. The van der Waals surface area contributed by atoms with Crippen LogP contribution >= 0.6 is 0 Å². The Labute approximate surface area is 124 Å². The number of carbonyl (C=O) groups excluding carboxylic acids is 1. The quantitative estimate of drug-likeness (QED) is 0.670. The molecule has 3 aromatic rings. The molecular formula is C19H16O2. The molecule has 0 aromatic heterocycles. The van der Waals surface area contributed by atoms with Crippen LogP contribution in [0, 0.1) is 0 Å². The molecule has 0 heterocycles. The average molecular weight is 276 g/mol. The van der Waals surface area contributed by atoms with Gasteiger partial charge in [-0.15, -0.1) is 0 Å². The molecule has 0 radical (unpaired) electrons. The number of fused-ring (bicyclic) bond motifs is 1. The van der Waals surface area contributed by atoms with Crippen molar-refractivity contribution >= 4 is 16.7 Å². The van der Waals surface area contributed by atoms with Crippen molar-refractivity contribution in [2.75, 3.05) is 7.11 Å². The highest BCUT2D eigenvalue weighted by Crippen LogP contribution is 2.24. The summed E-state index contributed by atoms with van der Waals surface area (Å²) >= 11 is 0. The summed E-state index contributed by atoms with van der Waals surface area (Å²) in [6.07, 6.45) is 0.798. The van der Waals surface area contributed by atoms with Crippen molar-refractivity contribution in [1.29, 1.82) is 0 Å². The molecule has 0 aliphatic carbocycles. The van der Waals surface area contributed by atoms with Gasteiger partial charge in [-0.2, -0.15) is 0 Å². The summed E-state index contributed by atoms with van der Waals surface area (Å²) in [7, 11) is 1.41.